The number of halogens is 1. The van der Waals surface area contributed by atoms with Gasteiger partial charge in [0.25, 0.3) is 0 Å². The molecule has 0 unspecified atom stereocenters. The highest BCUT2D eigenvalue weighted by Gasteiger charge is 2.18. The summed E-state index contributed by atoms with van der Waals surface area (Å²) in [5.41, 5.74) is 0.636. The van der Waals surface area contributed by atoms with Gasteiger partial charge < -0.3 is 4.74 Å². The van der Waals surface area contributed by atoms with Gasteiger partial charge in [-0.1, -0.05) is 15.9 Å². The van der Waals surface area contributed by atoms with E-state index >= 15 is 0 Å². The highest BCUT2D eigenvalue weighted by Crippen LogP contribution is 2.34. The molecule has 0 saturated carbocycles. The molecule has 0 atom stereocenters. The van der Waals surface area contributed by atoms with Crippen molar-refractivity contribution in [2.75, 3.05) is 6.61 Å². The van der Waals surface area contributed by atoms with Crippen molar-refractivity contribution < 1.29 is 9.66 Å². The Morgan fingerprint density at radius 1 is 1.59 bits per heavy atom. The van der Waals surface area contributed by atoms with Gasteiger partial charge in [0.1, 0.15) is 0 Å². The van der Waals surface area contributed by atoms with Crippen molar-refractivity contribution in [1.82, 2.24) is 0 Å². The maximum atomic E-state index is 10.9. The van der Waals surface area contributed by atoms with Crippen molar-refractivity contribution >= 4 is 21.6 Å². The van der Waals surface area contributed by atoms with Gasteiger partial charge in [-0.2, -0.15) is 5.26 Å². The van der Waals surface area contributed by atoms with Crippen LogP contribution in [0.25, 0.3) is 0 Å². The third kappa shape index (κ3) is 3.71. The third-order valence-electron chi connectivity index (χ3n) is 2.10. The minimum atomic E-state index is -0.475. The average molecular weight is 299 g/mol. The minimum Gasteiger partial charge on any atom is -0.487 e. The number of nitro benzene ring substituents is 1. The van der Waals surface area contributed by atoms with Gasteiger partial charge in [-0.3, -0.25) is 10.1 Å². The molecule has 0 spiro atoms. The lowest BCUT2D eigenvalue weighted by Crippen LogP contribution is -2.02. The van der Waals surface area contributed by atoms with Crippen molar-refractivity contribution in [3.8, 4) is 11.8 Å². The Balaban J connectivity index is 2.89. The Bertz CT molecular complexity index is 469. The topological polar surface area (TPSA) is 76.2 Å². The first-order chi connectivity index (χ1) is 8.06. The van der Waals surface area contributed by atoms with Crippen LogP contribution in [0, 0.1) is 28.4 Å². The third-order valence-corrected chi connectivity index (χ3v) is 2.55. The molecule has 17 heavy (non-hydrogen) atoms. The molecule has 0 bridgehead atoms. The van der Waals surface area contributed by atoms with Crippen LogP contribution < -0.4 is 4.74 Å². The number of nitriles is 1. The number of nitro groups is 1. The molecule has 0 fully saturated rings. The van der Waals surface area contributed by atoms with E-state index in [1.165, 1.54) is 6.07 Å². The van der Waals surface area contributed by atoms with Gasteiger partial charge in [0.05, 0.1) is 17.6 Å². The first-order valence-electron chi connectivity index (χ1n) is 5.00. The van der Waals surface area contributed by atoms with Crippen molar-refractivity contribution in [3.63, 3.8) is 0 Å². The van der Waals surface area contributed by atoms with Crippen LogP contribution in [0.2, 0.25) is 0 Å². The van der Waals surface area contributed by atoms with Crippen LogP contribution in [0.3, 0.4) is 0 Å². The van der Waals surface area contributed by atoms with Crippen LogP contribution in [0.5, 0.6) is 5.75 Å². The van der Waals surface area contributed by atoms with E-state index in [0.29, 0.717) is 29.5 Å². The van der Waals surface area contributed by atoms with Crippen LogP contribution in [-0.4, -0.2) is 11.5 Å². The Labute approximate surface area is 107 Å². The molecule has 6 heteroatoms. The zero-order chi connectivity index (χ0) is 12.8. The number of benzene rings is 1. The lowest BCUT2D eigenvalue weighted by Gasteiger charge is -2.09. The van der Waals surface area contributed by atoms with E-state index in [2.05, 4.69) is 15.9 Å². The maximum Gasteiger partial charge on any atom is 0.312 e. The fraction of sp³-hybridized carbons (Fsp3) is 0.364. The van der Waals surface area contributed by atoms with Crippen molar-refractivity contribution in [3.05, 3.63) is 32.3 Å². The van der Waals surface area contributed by atoms with E-state index in [-0.39, 0.29) is 11.4 Å². The highest BCUT2D eigenvalue weighted by atomic mass is 79.9. The first kappa shape index (κ1) is 13.5. The molecular weight excluding hydrogens is 288 g/mol. The zero-order valence-electron chi connectivity index (χ0n) is 9.27. The molecule has 90 valence electrons. The maximum absolute atomic E-state index is 10.9. The highest BCUT2D eigenvalue weighted by molar-refractivity contribution is 9.10. The standard InChI is InChI=1S/C11H11BrN2O3/c1-8-6-9(12)7-10(14(15)16)11(8)17-5-3-2-4-13/h6-7H,2-3,5H2,1H3. The Hall–Kier alpha value is -1.61. The summed E-state index contributed by atoms with van der Waals surface area (Å²) in [5.74, 6) is 0.274. The molecule has 0 N–H and O–H groups in total. The fourth-order valence-electron chi connectivity index (χ4n) is 1.36. The second-order valence-electron chi connectivity index (χ2n) is 3.44. The molecule has 1 aromatic rings. The Morgan fingerprint density at radius 2 is 2.29 bits per heavy atom. The smallest absolute Gasteiger partial charge is 0.312 e. The molecule has 1 rings (SSSR count). The number of unbranched alkanes of at least 4 members (excludes halogenated alkanes) is 1. The van der Waals surface area contributed by atoms with E-state index in [0.717, 1.165) is 0 Å². The summed E-state index contributed by atoms with van der Waals surface area (Å²) in [7, 11) is 0. The predicted molar refractivity (Wildman–Crippen MR) is 65.9 cm³/mol. The number of ether oxygens (including phenoxy) is 1. The number of hydrogen-bond donors (Lipinski definition) is 0. The Kier molecular flexibility index (Phi) is 4.91. The lowest BCUT2D eigenvalue weighted by molar-refractivity contribution is -0.386. The summed E-state index contributed by atoms with van der Waals surface area (Å²) >= 11 is 3.21. The molecule has 0 aromatic heterocycles. The predicted octanol–water partition coefficient (Wildman–Crippen LogP) is 3.35. The second-order valence-corrected chi connectivity index (χ2v) is 4.35. The molecule has 0 aliphatic carbocycles. The Morgan fingerprint density at radius 3 is 2.88 bits per heavy atom. The van der Waals surface area contributed by atoms with E-state index in [1.807, 2.05) is 6.07 Å². The number of aryl methyl sites for hydroxylation is 1. The lowest BCUT2D eigenvalue weighted by atomic mass is 10.2. The molecule has 0 radical (unpaired) electrons. The van der Waals surface area contributed by atoms with Crippen LogP contribution in [0.1, 0.15) is 18.4 Å². The normalized spacial score (nSPS) is 9.71. The van der Waals surface area contributed by atoms with Crippen LogP contribution >= 0.6 is 15.9 Å². The summed E-state index contributed by atoms with van der Waals surface area (Å²) in [6, 6.07) is 5.16. The zero-order valence-corrected chi connectivity index (χ0v) is 10.9. The molecule has 0 saturated heterocycles. The quantitative estimate of drug-likeness (QED) is 0.474. The summed E-state index contributed by atoms with van der Waals surface area (Å²) in [4.78, 5) is 10.4. The molecule has 0 amide bonds. The van der Waals surface area contributed by atoms with Crippen LogP contribution in [0.15, 0.2) is 16.6 Å². The molecule has 5 nitrogen and oxygen atoms in total. The van der Waals surface area contributed by atoms with E-state index in [1.54, 1.807) is 13.0 Å². The van der Waals surface area contributed by atoms with E-state index in [9.17, 15) is 10.1 Å². The van der Waals surface area contributed by atoms with Crippen LogP contribution in [-0.2, 0) is 0 Å². The number of hydrogen-bond acceptors (Lipinski definition) is 4. The SMILES string of the molecule is Cc1cc(Br)cc([N+](=O)[O-])c1OCCCC#N. The van der Waals surface area contributed by atoms with Crippen molar-refractivity contribution in [2.45, 2.75) is 19.8 Å². The van der Waals surface area contributed by atoms with Crippen LogP contribution in [0.4, 0.5) is 5.69 Å². The van der Waals surface area contributed by atoms with Crippen molar-refractivity contribution in [1.29, 1.82) is 5.26 Å². The summed E-state index contributed by atoms with van der Waals surface area (Å²) in [6.07, 6.45) is 0.937. The minimum absolute atomic E-state index is 0.0613. The number of nitrogens with zero attached hydrogens (tertiary/aromatic N) is 2. The van der Waals surface area contributed by atoms with Gasteiger partial charge in [0.15, 0.2) is 5.75 Å². The van der Waals surface area contributed by atoms with Gasteiger partial charge in [-0.15, -0.1) is 0 Å². The summed E-state index contributed by atoms with van der Waals surface area (Å²) in [5, 5.41) is 19.2. The van der Waals surface area contributed by atoms with Gasteiger partial charge in [-0.05, 0) is 25.0 Å². The van der Waals surface area contributed by atoms with Gasteiger partial charge in [-0.25, -0.2) is 0 Å². The second kappa shape index (κ2) is 6.21. The monoisotopic (exact) mass is 298 g/mol. The summed E-state index contributed by atoms with van der Waals surface area (Å²) in [6.45, 7) is 2.05. The molecule has 1 aromatic carbocycles. The molecule has 0 aliphatic heterocycles. The van der Waals surface area contributed by atoms with E-state index in [4.69, 9.17) is 10.00 Å². The fourth-order valence-corrected chi connectivity index (χ4v) is 1.92. The largest absolute Gasteiger partial charge is 0.487 e. The average Bonchev–Trinajstić information content (AvgIpc) is 2.25. The van der Waals surface area contributed by atoms with Gasteiger partial charge in [0, 0.05) is 17.0 Å². The molecule has 0 heterocycles. The van der Waals surface area contributed by atoms with E-state index < -0.39 is 4.92 Å². The van der Waals surface area contributed by atoms with Gasteiger partial charge >= 0.3 is 5.69 Å². The molecular formula is C11H11BrN2O3. The molecule has 0 aliphatic rings. The number of rotatable bonds is 5. The first-order valence-corrected chi connectivity index (χ1v) is 5.80. The summed E-state index contributed by atoms with van der Waals surface area (Å²) < 4.78 is 6.02. The van der Waals surface area contributed by atoms with Crippen molar-refractivity contribution in [2.24, 2.45) is 0 Å². The van der Waals surface area contributed by atoms with Gasteiger partial charge in [0.2, 0.25) is 0 Å².